The Morgan fingerprint density at radius 1 is 0.633 bits per heavy atom. The molecule has 0 bridgehead atoms. The molecule has 30 heavy (non-hydrogen) atoms. The molecule has 5 N–H and O–H groups in total. The molecule has 0 saturated carbocycles. The van der Waals surface area contributed by atoms with Gasteiger partial charge in [0.2, 0.25) is 0 Å². The van der Waals surface area contributed by atoms with Gasteiger partial charge in [-0.25, -0.2) is 14.4 Å². The zero-order valence-electron chi connectivity index (χ0n) is 18.2. The van der Waals surface area contributed by atoms with Gasteiger partial charge in [-0.1, -0.05) is 90.0 Å². The maximum absolute atomic E-state index is 10.2. The summed E-state index contributed by atoms with van der Waals surface area (Å²) in [6.45, 7) is 2.27. The molecule has 0 spiro atoms. The summed E-state index contributed by atoms with van der Waals surface area (Å²) in [6, 6.07) is 0. The van der Waals surface area contributed by atoms with Crippen LogP contribution in [0.15, 0.2) is 12.2 Å². The van der Waals surface area contributed by atoms with E-state index in [2.05, 4.69) is 6.92 Å². The molecule has 8 heteroatoms. The van der Waals surface area contributed by atoms with Crippen LogP contribution in [-0.4, -0.2) is 55.6 Å². The maximum Gasteiger partial charge on any atom is 0.335 e. The Bertz CT molecular complexity index is 458. The number of unbranched alkanes of at least 4 members (excludes halogenated alkanes) is 13. The molecule has 8 nitrogen and oxygen atoms in total. The molecule has 0 aromatic carbocycles. The van der Waals surface area contributed by atoms with Crippen LogP contribution in [0, 0.1) is 0 Å². The van der Waals surface area contributed by atoms with Crippen molar-refractivity contribution in [3.8, 4) is 0 Å². The lowest BCUT2D eigenvalue weighted by molar-refractivity contribution is -0.165. The number of allylic oxidation sites excluding steroid dienone is 1. The molecule has 0 fully saturated rings. The lowest BCUT2D eigenvalue weighted by Gasteiger charge is -2.07. The van der Waals surface area contributed by atoms with Gasteiger partial charge >= 0.3 is 17.9 Å². The molecule has 0 aliphatic carbocycles. The van der Waals surface area contributed by atoms with Gasteiger partial charge in [0.25, 0.3) is 0 Å². The third-order valence-electron chi connectivity index (χ3n) is 4.54. The zero-order chi connectivity index (χ0) is 23.2. The molecule has 0 aliphatic heterocycles. The zero-order valence-corrected chi connectivity index (χ0v) is 18.2. The van der Waals surface area contributed by atoms with E-state index < -0.39 is 30.1 Å². The van der Waals surface area contributed by atoms with E-state index in [-0.39, 0.29) is 0 Å². The Morgan fingerprint density at radius 2 is 0.967 bits per heavy atom. The minimum absolute atomic E-state index is 0.834. The van der Waals surface area contributed by atoms with Crippen LogP contribution in [0.5, 0.6) is 0 Å². The Balaban J connectivity index is 0. The topological polar surface area (TPSA) is 152 Å². The fraction of sp³-hybridized carbons (Fsp3) is 0.773. The molecule has 2 atom stereocenters. The van der Waals surface area contributed by atoms with Gasteiger partial charge in [-0.15, -0.1) is 0 Å². The Hall–Kier alpha value is -1.93. The summed E-state index contributed by atoms with van der Waals surface area (Å²) >= 11 is 0. The average Bonchev–Trinajstić information content (AvgIpc) is 2.69. The van der Waals surface area contributed by atoms with Gasteiger partial charge in [0.1, 0.15) is 0 Å². The standard InChI is InChI=1S/C18H34O2.C4H6O6/c1-2-3-4-5-6-7-8-9-10-11-12-13-14-15-16-17-18(19)20;5-1(3(7)8)2(6)4(9)10/h16-17H,2-15H2,1H3,(H,19,20);1-2,5-6H,(H,7,8)(H,9,10). The summed E-state index contributed by atoms with van der Waals surface area (Å²) in [6.07, 6.45) is 17.0. The fourth-order valence-corrected chi connectivity index (χ4v) is 2.73. The minimum Gasteiger partial charge on any atom is -0.479 e. The van der Waals surface area contributed by atoms with Crippen LogP contribution >= 0.6 is 0 Å². The molecule has 176 valence electrons. The van der Waals surface area contributed by atoms with Gasteiger partial charge in [0.05, 0.1) is 0 Å². The second-order valence-corrected chi connectivity index (χ2v) is 7.34. The second-order valence-electron chi connectivity index (χ2n) is 7.34. The third kappa shape index (κ3) is 22.4. The van der Waals surface area contributed by atoms with E-state index in [4.69, 9.17) is 25.5 Å². The molecule has 0 heterocycles. The van der Waals surface area contributed by atoms with Crippen LogP contribution in [0.25, 0.3) is 0 Å². The first-order chi connectivity index (χ1) is 14.2. The number of carbonyl (C=O) groups is 3. The lowest BCUT2D eigenvalue weighted by Crippen LogP contribution is -2.39. The Morgan fingerprint density at radius 3 is 1.27 bits per heavy atom. The van der Waals surface area contributed by atoms with Crippen molar-refractivity contribution in [2.75, 3.05) is 0 Å². The first kappa shape index (κ1) is 30.3. The van der Waals surface area contributed by atoms with Gasteiger partial charge in [-0.2, -0.15) is 0 Å². The first-order valence-electron chi connectivity index (χ1n) is 10.9. The second kappa shape index (κ2) is 21.8. The number of aliphatic carboxylic acids is 3. The van der Waals surface area contributed by atoms with Gasteiger partial charge in [-0.3, -0.25) is 0 Å². The number of rotatable bonds is 18. The van der Waals surface area contributed by atoms with Crippen molar-refractivity contribution in [3.63, 3.8) is 0 Å². The van der Waals surface area contributed by atoms with Crippen molar-refractivity contribution < 1.29 is 39.9 Å². The van der Waals surface area contributed by atoms with E-state index in [0.29, 0.717) is 0 Å². The van der Waals surface area contributed by atoms with Crippen LogP contribution in [-0.2, 0) is 14.4 Å². The van der Waals surface area contributed by atoms with Gasteiger partial charge in [-0.05, 0) is 12.8 Å². The number of carboxylic acids is 3. The smallest absolute Gasteiger partial charge is 0.335 e. The molecule has 0 aromatic heterocycles. The van der Waals surface area contributed by atoms with Crippen molar-refractivity contribution in [1.82, 2.24) is 0 Å². The van der Waals surface area contributed by atoms with E-state index in [1.807, 2.05) is 0 Å². The van der Waals surface area contributed by atoms with Crippen molar-refractivity contribution in [2.45, 2.75) is 109 Å². The van der Waals surface area contributed by atoms with Gasteiger partial charge < -0.3 is 25.5 Å². The molecular formula is C22H40O8. The quantitative estimate of drug-likeness (QED) is 0.161. The molecule has 0 amide bonds. The largest absolute Gasteiger partial charge is 0.479 e. The van der Waals surface area contributed by atoms with Crippen LogP contribution in [0.2, 0.25) is 0 Å². The lowest BCUT2D eigenvalue weighted by atomic mass is 10.0. The van der Waals surface area contributed by atoms with Crippen molar-refractivity contribution >= 4 is 17.9 Å². The van der Waals surface area contributed by atoms with Crippen LogP contribution in [0.3, 0.4) is 0 Å². The Labute approximate surface area is 179 Å². The number of carboxylic acid groups (broad SMARTS) is 3. The van der Waals surface area contributed by atoms with E-state index in [9.17, 15) is 14.4 Å². The summed E-state index contributed by atoms with van der Waals surface area (Å²) in [5.74, 6) is -4.37. The van der Waals surface area contributed by atoms with Crippen molar-refractivity contribution in [1.29, 1.82) is 0 Å². The van der Waals surface area contributed by atoms with E-state index in [1.54, 1.807) is 6.08 Å². The van der Waals surface area contributed by atoms with Gasteiger partial charge in [0.15, 0.2) is 12.2 Å². The number of hydrogen-bond acceptors (Lipinski definition) is 5. The molecule has 0 radical (unpaired) electrons. The highest BCUT2D eigenvalue weighted by atomic mass is 16.4. The van der Waals surface area contributed by atoms with Crippen LogP contribution in [0.1, 0.15) is 96.8 Å². The fourth-order valence-electron chi connectivity index (χ4n) is 2.73. The van der Waals surface area contributed by atoms with Crippen molar-refractivity contribution in [3.05, 3.63) is 12.2 Å². The van der Waals surface area contributed by atoms with E-state index in [1.165, 1.54) is 83.1 Å². The van der Waals surface area contributed by atoms with E-state index in [0.717, 1.165) is 12.8 Å². The minimum atomic E-state index is -2.27. The molecular weight excluding hydrogens is 392 g/mol. The van der Waals surface area contributed by atoms with Crippen LogP contribution in [0.4, 0.5) is 0 Å². The summed E-state index contributed by atoms with van der Waals surface area (Å²) in [5, 5.41) is 41.0. The van der Waals surface area contributed by atoms with E-state index >= 15 is 0 Å². The SMILES string of the molecule is CCCCCCCCCCCCCCCC=CC(=O)O.O=C(O)C(O)C(O)C(=O)O. The number of aliphatic hydroxyl groups is 2. The third-order valence-corrected chi connectivity index (χ3v) is 4.54. The summed E-state index contributed by atoms with van der Waals surface area (Å²) in [7, 11) is 0. The maximum atomic E-state index is 10.2. The molecule has 0 rings (SSSR count). The summed E-state index contributed by atoms with van der Waals surface area (Å²) in [4.78, 5) is 29.8. The van der Waals surface area contributed by atoms with Crippen molar-refractivity contribution in [2.24, 2.45) is 0 Å². The number of aliphatic hydroxyl groups excluding tert-OH is 2. The van der Waals surface area contributed by atoms with Gasteiger partial charge in [0, 0.05) is 6.08 Å². The normalized spacial score (nSPS) is 12.8. The highest BCUT2D eigenvalue weighted by Gasteiger charge is 2.29. The van der Waals surface area contributed by atoms with Crippen LogP contribution < -0.4 is 0 Å². The first-order valence-corrected chi connectivity index (χ1v) is 10.9. The summed E-state index contributed by atoms with van der Waals surface area (Å²) in [5.41, 5.74) is 0. The summed E-state index contributed by atoms with van der Waals surface area (Å²) < 4.78 is 0. The monoisotopic (exact) mass is 432 g/mol. The average molecular weight is 433 g/mol. The Kier molecular flexibility index (Phi) is 22.0. The molecule has 0 saturated heterocycles. The highest BCUT2D eigenvalue weighted by Crippen LogP contribution is 2.12. The predicted octanol–water partition coefficient (Wildman–Crippen LogP) is 3.99. The molecule has 0 aliphatic rings. The molecule has 2 unspecified atom stereocenters. The molecule has 0 aromatic rings. The number of hydrogen-bond donors (Lipinski definition) is 5. The predicted molar refractivity (Wildman–Crippen MR) is 114 cm³/mol. The highest BCUT2D eigenvalue weighted by molar-refractivity contribution is 5.83.